The quantitative estimate of drug-likeness (QED) is 0.0280. The predicted molar refractivity (Wildman–Crippen MR) is 180 cm³/mol. The lowest BCUT2D eigenvalue weighted by atomic mass is 9.87. The third-order valence-electron chi connectivity index (χ3n) is 7.13. The predicted octanol–water partition coefficient (Wildman–Crippen LogP) is -2.01. The Morgan fingerprint density at radius 2 is 1.76 bits per heavy atom. The number of carbonyl (C=O) groups is 4. The number of aliphatic hydroxyl groups excluding tert-OH is 2. The summed E-state index contributed by atoms with van der Waals surface area (Å²) in [6, 6.07) is 0. The van der Waals surface area contributed by atoms with Crippen LogP contribution in [0.25, 0.3) is 11.2 Å². The summed E-state index contributed by atoms with van der Waals surface area (Å²) in [7, 11) is -16.6. The molecular weight excluding hydrogens is 817 g/mol. The summed E-state index contributed by atoms with van der Waals surface area (Å²) in [5, 5.41) is 35.2. The summed E-state index contributed by atoms with van der Waals surface area (Å²) < 4.78 is 61.7. The van der Waals surface area contributed by atoms with Crippen molar-refractivity contribution in [3.63, 3.8) is 0 Å². The topological polar surface area (TPSA) is 401 Å². The lowest BCUT2D eigenvalue weighted by Crippen LogP contribution is -2.46. The third-order valence-corrected chi connectivity index (χ3v) is 10.5. The van der Waals surface area contributed by atoms with E-state index >= 15 is 0 Å². The highest BCUT2D eigenvalue weighted by atomic mass is 32.1. The number of imidazole rings is 1. The van der Waals surface area contributed by atoms with Crippen LogP contribution in [0.4, 0.5) is 5.82 Å². The van der Waals surface area contributed by atoms with E-state index in [0.717, 1.165) is 10.9 Å². The number of phosphoric acid groups is 3. The number of ether oxygens (including phenoxy) is 1. The van der Waals surface area contributed by atoms with Gasteiger partial charge in [-0.1, -0.05) is 13.8 Å². The van der Waals surface area contributed by atoms with Gasteiger partial charge >= 0.3 is 29.4 Å². The molecule has 3 rings (SSSR count). The van der Waals surface area contributed by atoms with Gasteiger partial charge in [-0.15, -0.1) is 0 Å². The fourth-order valence-electron chi connectivity index (χ4n) is 4.54. The van der Waals surface area contributed by atoms with Crippen LogP contribution in [0.2, 0.25) is 0 Å². The van der Waals surface area contributed by atoms with Gasteiger partial charge in [-0.3, -0.25) is 37.3 Å². The number of ketones is 1. The molecule has 2 aromatic heterocycles. The van der Waals surface area contributed by atoms with E-state index in [1.807, 2.05) is 0 Å². The van der Waals surface area contributed by atoms with Crippen molar-refractivity contribution in [1.82, 2.24) is 30.2 Å². The molecule has 0 radical (unpaired) electrons. The minimum Gasteiger partial charge on any atom is -0.481 e. The van der Waals surface area contributed by atoms with Crippen molar-refractivity contribution in [3.8, 4) is 0 Å². The zero-order valence-corrected chi connectivity index (χ0v) is 31.7. The van der Waals surface area contributed by atoms with E-state index in [0.29, 0.717) is 12.3 Å². The molecule has 0 spiro atoms. The van der Waals surface area contributed by atoms with E-state index in [9.17, 15) is 62.7 Å². The molecule has 0 bridgehead atoms. The van der Waals surface area contributed by atoms with Crippen LogP contribution in [0.1, 0.15) is 43.5 Å². The number of nitrogens with two attached hydrogens (primary N) is 1. The SMILES string of the molecule is CC(C)(COP(=O)(O)OP(=O)(O)OC[C@H]1O[C@@H](n2cnc3c(N)nc([14C](=O)CC(=O)O)nc32)[C@H](O)[C@@H]1OP(=O)(O)O)[C@@H](O)C(=O)NCCC(=O)NCCS. The van der Waals surface area contributed by atoms with Crippen molar-refractivity contribution in [1.29, 1.82) is 0 Å². The summed E-state index contributed by atoms with van der Waals surface area (Å²) >= 11 is 3.94. The second-order valence-corrected chi connectivity index (χ2v) is 16.6. The van der Waals surface area contributed by atoms with Gasteiger partial charge < -0.3 is 56.0 Å². The minimum atomic E-state index is -5.65. The number of aliphatic hydroxyl groups is 2. The largest absolute Gasteiger partial charge is 0.481 e. The number of nitrogens with zero attached hydrogens (tertiary/aromatic N) is 4. The number of Topliss-reactive ketones (excluding diaryl/α,β-unsaturated/α-hetero) is 1. The number of aliphatic carboxylic acids is 1. The molecular formula is C24H38N7O19P3S. The molecule has 26 nitrogen and oxygen atoms in total. The van der Waals surface area contributed by atoms with Crippen LogP contribution in [-0.4, -0.2) is 134 Å². The number of phosphoric ester groups is 3. The molecule has 30 heteroatoms. The number of thiol groups is 1. The normalized spacial score (nSPS) is 21.9. The summed E-state index contributed by atoms with van der Waals surface area (Å²) in [6.07, 6.45) is -9.84. The lowest BCUT2D eigenvalue weighted by Gasteiger charge is -2.30. The molecule has 0 aromatic carbocycles. The highest BCUT2D eigenvalue weighted by molar-refractivity contribution is 7.80. The van der Waals surface area contributed by atoms with Gasteiger partial charge in [0.15, 0.2) is 17.7 Å². The van der Waals surface area contributed by atoms with Crippen molar-refractivity contribution in [2.45, 2.75) is 57.3 Å². The molecule has 1 aliphatic rings. The Bertz CT molecular complexity index is 1860. The molecule has 2 aromatic rings. The number of rotatable bonds is 21. The zero-order valence-electron chi connectivity index (χ0n) is 28.1. The van der Waals surface area contributed by atoms with Gasteiger partial charge in [-0.05, 0) is 0 Å². The van der Waals surface area contributed by atoms with Crippen molar-refractivity contribution in [2.75, 3.05) is 37.8 Å². The second kappa shape index (κ2) is 18.3. The molecule has 1 saturated heterocycles. The molecule has 1 aliphatic heterocycles. The van der Waals surface area contributed by atoms with E-state index in [-0.39, 0.29) is 24.1 Å². The summed E-state index contributed by atoms with van der Waals surface area (Å²) in [6.45, 7) is 0.429. The smallest absolute Gasteiger partial charge is 0.481 e. The maximum atomic E-state index is 12.7. The van der Waals surface area contributed by atoms with Crippen LogP contribution in [0.15, 0.2) is 6.33 Å². The van der Waals surface area contributed by atoms with Crippen LogP contribution in [0.5, 0.6) is 0 Å². The molecule has 2 amide bonds. The Labute approximate surface area is 309 Å². The monoisotopic (exact) mass is 855 g/mol. The molecule has 0 saturated carbocycles. The highest BCUT2D eigenvalue weighted by Gasteiger charge is 2.50. The molecule has 7 atom stereocenters. The fourth-order valence-corrected chi connectivity index (χ4v) is 7.49. The maximum absolute atomic E-state index is 12.7. The number of fused-ring (bicyclic) bond motifs is 1. The minimum absolute atomic E-state index is 0.129. The molecule has 0 aliphatic carbocycles. The standard InChI is InChI=1S/C24H38N7O19P3S/c1-24(2,18(37)22(38)27-4-3-13(33)26-5-6-54)9-47-53(44,45)50-52(42,43)46-8-12-17(49-51(39,40)41)16(36)23(48-12)31-10-28-15-19(25)29-20(30-21(15)31)11(32)7-14(34)35/h10,12,16-18,23,36-37,54H,3-9H2,1-2H3,(H,26,33)(H,27,38)(H,34,35)(H,42,43)(H,44,45)(H2,25,29,30)(H2,39,40,41)/t12-,16-,17-,18+,23-/m1/s1/i11+2. The third kappa shape index (κ3) is 12.8. The summed E-state index contributed by atoms with van der Waals surface area (Å²) in [5.74, 6) is -4.64. The van der Waals surface area contributed by atoms with Gasteiger partial charge in [0, 0.05) is 30.7 Å². The Kier molecular flexibility index (Phi) is 15.4. The average molecular weight is 856 g/mol. The van der Waals surface area contributed by atoms with Gasteiger partial charge in [-0.25, -0.2) is 28.6 Å². The number of hydrogen-bond acceptors (Lipinski definition) is 19. The number of anilines is 1. The molecule has 3 heterocycles. The van der Waals surface area contributed by atoms with Crippen molar-refractivity contribution in [2.24, 2.45) is 5.41 Å². The summed E-state index contributed by atoms with van der Waals surface area (Å²) in [4.78, 5) is 98.1. The first-order valence-electron chi connectivity index (χ1n) is 15.2. The number of carboxylic acid groups (broad SMARTS) is 1. The van der Waals surface area contributed by atoms with Gasteiger partial charge in [0.25, 0.3) is 0 Å². The van der Waals surface area contributed by atoms with Crippen molar-refractivity contribution in [3.05, 3.63) is 12.2 Å². The number of hydrogen-bond donors (Lipinski definition) is 11. The van der Waals surface area contributed by atoms with E-state index in [4.69, 9.17) is 24.6 Å². The number of nitrogens with one attached hydrogen (secondary N) is 2. The number of amides is 2. The first-order valence-corrected chi connectivity index (χ1v) is 20.3. The molecule has 304 valence electrons. The van der Waals surface area contributed by atoms with Crippen LogP contribution >= 0.6 is 36.1 Å². The van der Waals surface area contributed by atoms with Crippen molar-refractivity contribution < 1.29 is 90.4 Å². The van der Waals surface area contributed by atoms with Gasteiger partial charge in [0.05, 0.1) is 19.5 Å². The van der Waals surface area contributed by atoms with Gasteiger partial charge in [0.1, 0.15) is 36.4 Å². The molecule has 2 unspecified atom stereocenters. The highest BCUT2D eigenvalue weighted by Crippen LogP contribution is 2.61. The Morgan fingerprint density at radius 1 is 1.11 bits per heavy atom. The van der Waals surface area contributed by atoms with Crippen LogP contribution in [0, 0.1) is 5.41 Å². The van der Waals surface area contributed by atoms with Crippen LogP contribution in [-0.2, 0) is 50.7 Å². The molecule has 11 N–H and O–H groups in total. The number of aromatic nitrogens is 4. The van der Waals surface area contributed by atoms with E-state index < -0.39 is 114 Å². The van der Waals surface area contributed by atoms with Crippen LogP contribution < -0.4 is 16.4 Å². The van der Waals surface area contributed by atoms with Crippen LogP contribution in [0.3, 0.4) is 0 Å². The Balaban J connectivity index is 1.69. The first kappa shape index (κ1) is 45.4. The van der Waals surface area contributed by atoms with E-state index in [2.05, 4.69) is 47.0 Å². The maximum Gasteiger partial charge on any atom is 0.481 e. The molecule has 1 fully saturated rings. The number of nitrogen functional groups attached to an aromatic ring is 1. The van der Waals surface area contributed by atoms with E-state index in [1.165, 1.54) is 13.8 Å². The Morgan fingerprint density at radius 3 is 2.37 bits per heavy atom. The van der Waals surface area contributed by atoms with Gasteiger partial charge in [-0.2, -0.15) is 16.9 Å². The first-order chi connectivity index (χ1) is 24.9. The number of carbonyl (C=O) groups excluding carboxylic acids is 3. The lowest BCUT2D eigenvalue weighted by molar-refractivity contribution is -0.137. The zero-order chi connectivity index (χ0) is 40.8. The second-order valence-electron chi connectivity index (χ2n) is 12.0. The Hall–Kier alpha value is -2.97. The van der Waals surface area contributed by atoms with Gasteiger partial charge in [0.2, 0.25) is 23.4 Å². The summed E-state index contributed by atoms with van der Waals surface area (Å²) in [5.41, 5.74) is 3.68. The number of carboxylic acids is 1. The van der Waals surface area contributed by atoms with Crippen molar-refractivity contribution >= 4 is 76.6 Å². The van der Waals surface area contributed by atoms with E-state index in [1.54, 1.807) is 0 Å². The fraction of sp³-hybridized carbons (Fsp3) is 0.625. The average Bonchev–Trinajstić information content (AvgIpc) is 3.60. The molecule has 54 heavy (non-hydrogen) atoms.